The molecule has 1 amide bonds. The molecule has 2 aliphatic rings. The van der Waals surface area contributed by atoms with E-state index < -0.39 is 5.97 Å². The van der Waals surface area contributed by atoms with Crippen LogP contribution in [0.5, 0.6) is 0 Å². The topological polar surface area (TPSA) is 57.6 Å². The van der Waals surface area contributed by atoms with Gasteiger partial charge in [-0.25, -0.2) is 0 Å². The first-order chi connectivity index (χ1) is 8.58. The number of aliphatic carboxylic acids is 1. The lowest BCUT2D eigenvalue weighted by atomic mass is 9.89. The lowest BCUT2D eigenvalue weighted by Crippen LogP contribution is -2.37. The van der Waals surface area contributed by atoms with Crippen LogP contribution in [0.1, 0.15) is 33.8 Å². The smallest absolute Gasteiger partial charge is 0.308 e. The Kier molecular flexibility index (Phi) is 2.66. The van der Waals surface area contributed by atoms with E-state index in [1.54, 1.807) is 0 Å². The average Bonchev–Trinajstić information content (AvgIpc) is 3.01. The Morgan fingerprint density at radius 2 is 2.17 bits per heavy atom. The molecule has 0 radical (unpaired) electrons. The van der Waals surface area contributed by atoms with Gasteiger partial charge in [0.2, 0.25) is 0 Å². The van der Waals surface area contributed by atoms with Crippen LogP contribution in [0.25, 0.3) is 0 Å². The summed E-state index contributed by atoms with van der Waals surface area (Å²) in [6, 6.07) is 3.81. The number of amides is 1. The van der Waals surface area contributed by atoms with Crippen LogP contribution in [-0.2, 0) is 4.79 Å². The fourth-order valence-corrected chi connectivity index (χ4v) is 4.06. The van der Waals surface area contributed by atoms with Gasteiger partial charge in [0.05, 0.1) is 10.8 Å². The van der Waals surface area contributed by atoms with Gasteiger partial charge >= 0.3 is 5.97 Å². The van der Waals surface area contributed by atoms with Gasteiger partial charge in [0.1, 0.15) is 0 Å². The fraction of sp³-hybridized carbons (Fsp3) is 0.538. The third-order valence-corrected chi connectivity index (χ3v) is 5.03. The predicted octanol–water partition coefficient (Wildman–Crippen LogP) is 2.13. The number of hydrogen-bond donors (Lipinski definition) is 1. The number of aryl methyl sites for hydroxylation is 1. The molecular weight excluding hydrogens is 250 g/mol. The number of carboxylic acid groups (broad SMARTS) is 1. The number of fused-ring (bicyclic) bond motifs is 2. The van der Waals surface area contributed by atoms with Crippen molar-refractivity contribution >= 4 is 23.2 Å². The molecule has 2 bridgehead atoms. The Balaban J connectivity index is 1.85. The van der Waals surface area contributed by atoms with Crippen LogP contribution in [0.15, 0.2) is 12.1 Å². The molecule has 1 N–H and O–H groups in total. The summed E-state index contributed by atoms with van der Waals surface area (Å²) in [5, 5.41) is 9.17. The van der Waals surface area contributed by atoms with Crippen molar-refractivity contribution < 1.29 is 14.7 Å². The molecule has 2 aliphatic heterocycles. The normalized spacial score (nSPS) is 29.8. The highest BCUT2D eigenvalue weighted by Crippen LogP contribution is 2.43. The molecule has 0 spiro atoms. The van der Waals surface area contributed by atoms with Crippen LogP contribution in [0.2, 0.25) is 0 Å². The highest BCUT2D eigenvalue weighted by Gasteiger charge is 2.51. The summed E-state index contributed by atoms with van der Waals surface area (Å²) >= 11 is 1.49. The van der Waals surface area contributed by atoms with E-state index in [9.17, 15) is 14.7 Å². The van der Waals surface area contributed by atoms with Crippen molar-refractivity contribution in [1.82, 2.24) is 4.90 Å². The van der Waals surface area contributed by atoms with Crippen molar-refractivity contribution in [3.63, 3.8) is 0 Å². The van der Waals surface area contributed by atoms with Crippen LogP contribution < -0.4 is 0 Å². The molecule has 3 heterocycles. The molecule has 5 heteroatoms. The molecule has 18 heavy (non-hydrogen) atoms. The first kappa shape index (κ1) is 11.7. The maximum absolute atomic E-state index is 12.4. The summed E-state index contributed by atoms with van der Waals surface area (Å²) in [4.78, 5) is 27.3. The zero-order chi connectivity index (χ0) is 12.9. The quantitative estimate of drug-likeness (QED) is 0.891. The van der Waals surface area contributed by atoms with Crippen LogP contribution in [0.3, 0.4) is 0 Å². The van der Waals surface area contributed by atoms with Crippen molar-refractivity contribution in [2.45, 2.75) is 38.3 Å². The van der Waals surface area contributed by atoms with Crippen LogP contribution in [0.4, 0.5) is 0 Å². The molecule has 0 aromatic carbocycles. The molecule has 1 aromatic heterocycles. The second-order valence-corrected chi connectivity index (χ2v) is 6.39. The van der Waals surface area contributed by atoms with E-state index in [4.69, 9.17) is 0 Å². The second kappa shape index (κ2) is 4.09. The fourth-order valence-electron chi connectivity index (χ4n) is 3.25. The molecular formula is C13H15NO3S. The molecule has 3 unspecified atom stereocenters. The van der Waals surface area contributed by atoms with Crippen molar-refractivity contribution in [2.24, 2.45) is 5.92 Å². The average molecular weight is 265 g/mol. The minimum atomic E-state index is -0.762. The monoisotopic (exact) mass is 265 g/mol. The van der Waals surface area contributed by atoms with E-state index in [1.165, 1.54) is 11.3 Å². The van der Waals surface area contributed by atoms with E-state index in [0.717, 1.165) is 22.6 Å². The summed E-state index contributed by atoms with van der Waals surface area (Å²) < 4.78 is 0. The molecule has 0 aliphatic carbocycles. The zero-order valence-electron chi connectivity index (χ0n) is 10.1. The third kappa shape index (κ3) is 1.65. The predicted molar refractivity (Wildman–Crippen MR) is 67.8 cm³/mol. The molecule has 0 saturated carbocycles. The minimum Gasteiger partial charge on any atom is -0.481 e. The Morgan fingerprint density at radius 1 is 1.39 bits per heavy atom. The summed E-state index contributed by atoms with van der Waals surface area (Å²) in [6.45, 7) is 1.97. The number of carboxylic acids is 1. The SMILES string of the molecule is Cc1ccc(C(=O)N2C3CCC2C(C(=O)O)C3)s1. The van der Waals surface area contributed by atoms with Gasteiger partial charge in [-0.15, -0.1) is 11.3 Å². The Bertz CT molecular complexity index is 510. The highest BCUT2D eigenvalue weighted by molar-refractivity contribution is 7.13. The lowest BCUT2D eigenvalue weighted by Gasteiger charge is -2.22. The van der Waals surface area contributed by atoms with Crippen LogP contribution >= 0.6 is 11.3 Å². The van der Waals surface area contributed by atoms with Gasteiger partial charge in [0.15, 0.2) is 0 Å². The summed E-state index contributed by atoms with van der Waals surface area (Å²) in [6.07, 6.45) is 2.40. The Hall–Kier alpha value is -1.36. The standard InChI is InChI=1S/C13H15NO3S/c1-7-2-5-11(18-7)12(15)14-8-3-4-10(14)9(6-8)13(16)17/h2,5,8-10H,3-4,6H2,1H3,(H,16,17). The maximum Gasteiger partial charge on any atom is 0.308 e. The first-order valence-corrected chi connectivity index (χ1v) is 7.01. The third-order valence-electron chi connectivity index (χ3n) is 4.04. The van der Waals surface area contributed by atoms with Gasteiger partial charge in [0.25, 0.3) is 5.91 Å². The van der Waals surface area contributed by atoms with Gasteiger partial charge in [-0.05, 0) is 38.3 Å². The Morgan fingerprint density at radius 3 is 2.72 bits per heavy atom. The van der Waals surface area contributed by atoms with E-state index in [-0.39, 0.29) is 23.9 Å². The van der Waals surface area contributed by atoms with E-state index in [0.29, 0.717) is 6.42 Å². The molecule has 1 aromatic rings. The maximum atomic E-state index is 12.4. The van der Waals surface area contributed by atoms with Gasteiger partial charge in [-0.1, -0.05) is 0 Å². The first-order valence-electron chi connectivity index (χ1n) is 6.20. The minimum absolute atomic E-state index is 0.0179. The summed E-state index contributed by atoms with van der Waals surface area (Å²) in [5.41, 5.74) is 0. The van der Waals surface area contributed by atoms with Crippen molar-refractivity contribution in [1.29, 1.82) is 0 Å². The highest BCUT2D eigenvalue weighted by atomic mass is 32.1. The van der Waals surface area contributed by atoms with E-state index >= 15 is 0 Å². The number of rotatable bonds is 2. The molecule has 96 valence electrons. The van der Waals surface area contributed by atoms with Crippen LogP contribution in [-0.4, -0.2) is 34.0 Å². The molecule has 3 atom stereocenters. The van der Waals surface area contributed by atoms with Gasteiger partial charge in [0, 0.05) is 17.0 Å². The Labute approximate surface area is 109 Å². The molecule has 2 fully saturated rings. The summed E-state index contributed by atoms with van der Waals surface area (Å²) in [7, 11) is 0. The number of carbonyl (C=O) groups excluding carboxylic acids is 1. The van der Waals surface area contributed by atoms with Crippen molar-refractivity contribution in [3.05, 3.63) is 21.9 Å². The van der Waals surface area contributed by atoms with E-state index in [2.05, 4.69) is 0 Å². The second-order valence-electron chi connectivity index (χ2n) is 5.10. The van der Waals surface area contributed by atoms with Crippen LogP contribution in [0, 0.1) is 12.8 Å². The molecule has 2 saturated heterocycles. The largest absolute Gasteiger partial charge is 0.481 e. The van der Waals surface area contributed by atoms with Gasteiger partial charge < -0.3 is 10.0 Å². The number of nitrogens with zero attached hydrogens (tertiary/aromatic N) is 1. The molecule has 3 rings (SSSR count). The van der Waals surface area contributed by atoms with Gasteiger partial charge in [-0.2, -0.15) is 0 Å². The van der Waals surface area contributed by atoms with Crippen molar-refractivity contribution in [3.8, 4) is 0 Å². The number of thiophene rings is 1. The lowest BCUT2D eigenvalue weighted by molar-refractivity contribution is -0.142. The zero-order valence-corrected chi connectivity index (χ0v) is 10.9. The van der Waals surface area contributed by atoms with Crippen molar-refractivity contribution in [2.75, 3.05) is 0 Å². The number of hydrogen-bond acceptors (Lipinski definition) is 3. The molecule has 4 nitrogen and oxygen atoms in total. The van der Waals surface area contributed by atoms with Gasteiger partial charge in [-0.3, -0.25) is 9.59 Å². The summed E-state index contributed by atoms with van der Waals surface area (Å²) in [5.74, 6) is -1.11. The van der Waals surface area contributed by atoms with E-state index in [1.807, 2.05) is 24.0 Å². The number of carbonyl (C=O) groups is 2.